The second kappa shape index (κ2) is 34.3. The minimum Gasteiger partial charge on any atom is -0.477 e. The van der Waals surface area contributed by atoms with Crippen LogP contribution >= 0.6 is 0 Å². The number of hydrogen-bond acceptors (Lipinski definition) is 17. The second-order valence-electron chi connectivity index (χ2n) is 17.2. The van der Waals surface area contributed by atoms with Crippen molar-refractivity contribution in [2.45, 2.75) is 126 Å². The third-order valence-electron chi connectivity index (χ3n) is 11.4. The molecule has 0 radical (unpaired) electrons. The number of carbonyl (C=O) groups excluding carboxylic acids is 8. The summed E-state index contributed by atoms with van der Waals surface area (Å²) in [7, 11) is 0. The molecular weight excluding hydrogens is 969 g/mol. The molecule has 7 atom stereocenters. The molecule has 23 N–H and O–H groups in total. The van der Waals surface area contributed by atoms with Crippen molar-refractivity contribution >= 4 is 64.9 Å². The van der Waals surface area contributed by atoms with E-state index in [0.717, 1.165) is 0 Å². The summed E-state index contributed by atoms with van der Waals surface area (Å²) in [6.07, 6.45) is 6.31. The van der Waals surface area contributed by atoms with E-state index < -0.39 is 114 Å². The number of aliphatic imine (C=N–C) groups is 2. The smallest absolute Gasteiger partial charge is 0.352 e. The largest absolute Gasteiger partial charge is 0.477 e. The molecule has 0 aromatic carbocycles. The normalized spacial score (nSPS) is 16.0. The van der Waals surface area contributed by atoms with Gasteiger partial charge in [0.05, 0.1) is 25.0 Å². The molecule has 0 bridgehead atoms. The van der Waals surface area contributed by atoms with Gasteiger partial charge in [0.2, 0.25) is 35.4 Å². The van der Waals surface area contributed by atoms with Crippen LogP contribution in [-0.2, 0) is 49.6 Å². The number of nitrogens with zero attached hydrogens (tertiary/aromatic N) is 4. The lowest BCUT2D eigenvalue weighted by Crippen LogP contribution is -2.60. The highest BCUT2D eigenvalue weighted by Gasteiger charge is 2.39. The highest BCUT2D eigenvalue weighted by molar-refractivity contribution is 6.40. The number of aromatic amines is 1. The van der Waals surface area contributed by atoms with Crippen molar-refractivity contribution in [3.05, 3.63) is 42.6 Å². The van der Waals surface area contributed by atoms with Gasteiger partial charge in [0.15, 0.2) is 5.96 Å². The molecule has 1 fully saturated rings. The Bertz CT molecular complexity index is 2130. The lowest BCUT2D eigenvalue weighted by atomic mass is 10.1. The zero-order chi connectivity index (χ0) is 55.2. The number of likely N-dealkylation sites (tertiary alicyclic amines) is 1. The Morgan fingerprint density at radius 3 is 2.14 bits per heavy atom. The van der Waals surface area contributed by atoms with Gasteiger partial charge in [0.1, 0.15) is 41.6 Å². The number of hydrogen-bond donors (Lipinski definition) is 16. The van der Waals surface area contributed by atoms with Crippen LogP contribution in [0, 0.1) is 0 Å². The number of carboxylic acid groups (broad SMARTS) is 1. The predicted octanol–water partition coefficient (Wildman–Crippen LogP) is -6.07. The third kappa shape index (κ3) is 22.3. The maximum atomic E-state index is 14.1. The number of H-pyrrole nitrogens is 1. The molecule has 1 saturated heterocycles. The summed E-state index contributed by atoms with van der Waals surface area (Å²) >= 11 is 0. The van der Waals surface area contributed by atoms with Crippen molar-refractivity contribution in [2.24, 2.45) is 50.1 Å². The molecule has 1 aromatic rings. The van der Waals surface area contributed by atoms with Crippen molar-refractivity contribution in [3.8, 4) is 0 Å². The Kier molecular flexibility index (Phi) is 29.2. The molecule has 0 spiro atoms. The van der Waals surface area contributed by atoms with Crippen molar-refractivity contribution in [3.63, 3.8) is 0 Å². The number of guanidine groups is 1. The first-order chi connectivity index (χ1) is 35.3. The first kappa shape index (κ1) is 62.9. The van der Waals surface area contributed by atoms with Crippen molar-refractivity contribution in [1.29, 1.82) is 0 Å². The monoisotopic (exact) mass is 1040 g/mol. The summed E-state index contributed by atoms with van der Waals surface area (Å²) in [5, 5.41) is 35.0. The second-order valence-corrected chi connectivity index (χ2v) is 17.2. The van der Waals surface area contributed by atoms with E-state index in [2.05, 4.69) is 58.4 Å². The molecule has 74 heavy (non-hydrogen) atoms. The molecule has 0 saturated carbocycles. The number of aliphatic hydroxyl groups is 1. The van der Waals surface area contributed by atoms with Gasteiger partial charge < -0.3 is 92.1 Å². The van der Waals surface area contributed by atoms with E-state index in [9.17, 15) is 53.4 Å². The molecule has 8 amide bonds. The van der Waals surface area contributed by atoms with Crippen molar-refractivity contribution in [1.82, 2.24) is 46.8 Å². The molecule has 412 valence electrons. The van der Waals surface area contributed by atoms with E-state index in [1.165, 1.54) is 29.6 Å². The van der Waals surface area contributed by atoms with Crippen molar-refractivity contribution in [2.75, 3.05) is 45.8 Å². The highest BCUT2D eigenvalue weighted by Crippen LogP contribution is 2.20. The Morgan fingerprint density at radius 1 is 0.851 bits per heavy atom. The Hall–Kier alpha value is -7.18. The number of rotatable bonds is 35. The number of aliphatic hydroxyl groups excluding tert-OH is 1. The van der Waals surface area contributed by atoms with Gasteiger partial charge in [-0.2, -0.15) is 0 Å². The molecule has 29 heteroatoms. The van der Waals surface area contributed by atoms with E-state index >= 15 is 0 Å². The number of aromatic nitrogens is 2. The minimum atomic E-state index is -1.60. The average Bonchev–Trinajstić information content (AvgIpc) is 4.09. The number of amides is 8. The Balaban J connectivity index is 2.29. The van der Waals surface area contributed by atoms with Crippen LogP contribution in [0.5, 0.6) is 0 Å². The van der Waals surface area contributed by atoms with Crippen molar-refractivity contribution < 1.29 is 53.4 Å². The first-order valence-corrected chi connectivity index (χ1v) is 24.3. The lowest BCUT2D eigenvalue weighted by molar-refractivity contribution is -0.137. The molecule has 29 nitrogen and oxygen atoms in total. The van der Waals surface area contributed by atoms with E-state index in [1.807, 2.05) is 0 Å². The number of nitrogens with one attached hydrogen (secondary N) is 7. The summed E-state index contributed by atoms with van der Waals surface area (Å²) in [6, 6.07) is -7.81. The van der Waals surface area contributed by atoms with Gasteiger partial charge in [-0.1, -0.05) is 18.6 Å². The van der Waals surface area contributed by atoms with Crippen LogP contribution in [0.1, 0.15) is 82.7 Å². The van der Waals surface area contributed by atoms with Crippen LogP contribution in [-0.4, -0.2) is 178 Å². The summed E-state index contributed by atoms with van der Waals surface area (Å²) < 4.78 is 0. The Labute approximate surface area is 428 Å². The molecule has 1 aliphatic heterocycles. The van der Waals surface area contributed by atoms with E-state index in [-0.39, 0.29) is 89.2 Å². The van der Waals surface area contributed by atoms with E-state index in [0.29, 0.717) is 44.3 Å². The van der Waals surface area contributed by atoms with Gasteiger partial charge in [0, 0.05) is 37.9 Å². The minimum absolute atomic E-state index is 0.0371. The molecule has 2 heterocycles. The summed E-state index contributed by atoms with van der Waals surface area (Å²) in [5.41, 5.74) is 38.8. The average molecular weight is 1050 g/mol. The zero-order valence-corrected chi connectivity index (χ0v) is 41.6. The SMILES string of the molecule is C=CC[C@H](NC(=O)[C@@H](NC(=O)[C@@H](N)CCCCN)[C@@H](O)CN)C(=O)NCC(=O)N=C(CCCN)C(=O)N1CCC[C@H]1C(=O)N[C@@H](Cc1cnc[nH]1)C(=O)N[C@@H](CCCCN)C(=O)N/C(=C\CCN=C(N)N)C(=O)O. The van der Waals surface area contributed by atoms with Gasteiger partial charge in [-0.3, -0.25) is 43.3 Å². The molecule has 2 rings (SSSR count). The van der Waals surface area contributed by atoms with Crippen LogP contribution in [0.2, 0.25) is 0 Å². The van der Waals surface area contributed by atoms with Gasteiger partial charge in [-0.25, -0.2) is 14.8 Å². The quantitative estimate of drug-likeness (QED) is 0.00989. The Morgan fingerprint density at radius 2 is 1.53 bits per heavy atom. The maximum Gasteiger partial charge on any atom is 0.352 e. The van der Waals surface area contributed by atoms with Crippen LogP contribution in [0.3, 0.4) is 0 Å². The highest BCUT2D eigenvalue weighted by atomic mass is 16.4. The molecule has 1 aliphatic rings. The number of unbranched alkanes of at least 4 members (excludes halogenated alkanes) is 2. The fourth-order valence-electron chi connectivity index (χ4n) is 7.38. The number of aliphatic carboxylic acids is 1. The molecule has 0 aliphatic carbocycles. The lowest BCUT2D eigenvalue weighted by Gasteiger charge is -2.27. The van der Waals surface area contributed by atoms with Gasteiger partial charge >= 0.3 is 5.97 Å². The number of nitrogens with two attached hydrogens (primary N) is 7. The van der Waals surface area contributed by atoms with Crippen LogP contribution in [0.15, 0.2) is 46.9 Å². The summed E-state index contributed by atoms with van der Waals surface area (Å²) in [4.78, 5) is 136. The van der Waals surface area contributed by atoms with E-state index in [4.69, 9.17) is 40.1 Å². The first-order valence-electron chi connectivity index (χ1n) is 24.3. The topological polar surface area (TPSA) is 505 Å². The zero-order valence-electron chi connectivity index (χ0n) is 41.6. The standard InChI is InChI=1S/C45H76N18O11/c1-2-10-28(59-42(71)36(34(64)22-49)62-37(66)27(50)11-3-5-16-46)38(67)55-24-35(65)57-30(13-7-18-48)43(72)63-20-9-15-33(63)41(70)61-32(21-26-23-53-25-56-26)40(69)58-29(12-4-6-17-47)39(68)60-31(44(73)74)14-8-19-54-45(51)52/h2,14,23,25,27-29,32-34,36,64H,1,3-13,15-22,24,46-50H2,(H,53,56)(H,55,67)(H,58,69)(H,59,71)(H,60,68)(H,61,70)(H,62,66)(H,73,74)(H4,51,52,54)/b31-14-,57-30?/t27-,28-,29-,32-,33-,34-,36-/m0/s1. The van der Waals surface area contributed by atoms with Crippen LogP contribution < -0.4 is 72.0 Å². The fourth-order valence-corrected chi connectivity index (χ4v) is 7.38. The van der Waals surface area contributed by atoms with Gasteiger partial charge in [0.25, 0.3) is 11.8 Å². The fraction of sp³-hybridized carbons (Fsp3) is 0.600. The maximum absolute atomic E-state index is 14.1. The number of carboxylic acids is 1. The molecule has 0 unspecified atom stereocenters. The molecular formula is C45H76N18O11. The van der Waals surface area contributed by atoms with Gasteiger partial charge in [-0.05, 0) is 90.3 Å². The van der Waals surface area contributed by atoms with Gasteiger partial charge in [-0.15, -0.1) is 6.58 Å². The summed E-state index contributed by atoms with van der Waals surface area (Å²) in [6.45, 7) is 3.25. The number of carbonyl (C=O) groups is 9. The number of imidazole rings is 1. The predicted molar refractivity (Wildman–Crippen MR) is 271 cm³/mol. The summed E-state index contributed by atoms with van der Waals surface area (Å²) in [5.74, 6) is -8.49. The molecule has 1 aromatic heterocycles. The third-order valence-corrected chi connectivity index (χ3v) is 11.4. The van der Waals surface area contributed by atoms with Crippen LogP contribution in [0.25, 0.3) is 0 Å². The van der Waals surface area contributed by atoms with E-state index in [1.54, 1.807) is 0 Å². The van der Waals surface area contributed by atoms with Crippen LogP contribution in [0.4, 0.5) is 0 Å².